The van der Waals surface area contributed by atoms with E-state index in [-0.39, 0.29) is 5.82 Å². The first-order chi connectivity index (χ1) is 12.6. The van der Waals surface area contributed by atoms with E-state index >= 15 is 0 Å². The van der Waals surface area contributed by atoms with Crippen LogP contribution < -0.4 is 0 Å². The Balaban J connectivity index is 1.74. The minimum atomic E-state index is -0.129. The largest absolute Gasteiger partial charge is 0.327 e. The molecule has 0 atom stereocenters. The second-order valence-corrected chi connectivity index (χ2v) is 7.29. The van der Waals surface area contributed by atoms with Gasteiger partial charge in [-0.25, -0.2) is 9.37 Å². The zero-order valence-electron chi connectivity index (χ0n) is 15.0. The number of aliphatic imine (C=N–C) groups is 1. The van der Waals surface area contributed by atoms with Crippen molar-refractivity contribution in [1.29, 1.82) is 0 Å². The lowest BCUT2D eigenvalue weighted by Gasteiger charge is -2.11. The highest BCUT2D eigenvalue weighted by molar-refractivity contribution is 5.88. The second kappa shape index (κ2) is 5.63. The van der Waals surface area contributed by atoms with Gasteiger partial charge in [0, 0.05) is 30.3 Å². The topological polar surface area (TPSA) is 30.2 Å². The van der Waals surface area contributed by atoms with Crippen LogP contribution in [0.2, 0.25) is 0 Å². The summed E-state index contributed by atoms with van der Waals surface area (Å²) in [5.74, 6) is 1.000. The van der Waals surface area contributed by atoms with Gasteiger partial charge in [0.25, 0.3) is 0 Å². The van der Waals surface area contributed by atoms with Gasteiger partial charge < -0.3 is 4.57 Å². The molecule has 0 bridgehead atoms. The van der Waals surface area contributed by atoms with E-state index in [9.17, 15) is 4.39 Å². The van der Waals surface area contributed by atoms with Crippen molar-refractivity contribution in [2.45, 2.75) is 39.8 Å². The Morgan fingerprint density at radius 2 is 1.85 bits per heavy atom. The zero-order chi connectivity index (χ0) is 17.8. The Morgan fingerprint density at radius 3 is 2.65 bits per heavy atom. The summed E-state index contributed by atoms with van der Waals surface area (Å²) in [4.78, 5) is 9.32. The molecule has 5 rings (SSSR count). The zero-order valence-corrected chi connectivity index (χ0v) is 15.0. The molecule has 0 N–H and O–H groups in total. The molecule has 0 saturated heterocycles. The standard InChI is InChI=1S/C22H20FN3/c1-13-8-17(9-14(2)20(13)23)21-22(26-7-3-4-19(26)25-21)15-5-6-16-11-24-12-18(16)10-15/h5-6,8-10,12H,3-4,7,11H2,1-2H3. The van der Waals surface area contributed by atoms with Crippen molar-refractivity contribution in [3.05, 3.63) is 64.2 Å². The number of rotatable bonds is 2. The molecule has 0 spiro atoms. The minimum absolute atomic E-state index is 0.129. The first-order valence-electron chi connectivity index (χ1n) is 9.11. The highest BCUT2D eigenvalue weighted by atomic mass is 19.1. The van der Waals surface area contributed by atoms with Crippen molar-refractivity contribution < 1.29 is 4.39 Å². The van der Waals surface area contributed by atoms with Crippen LogP contribution in [0.5, 0.6) is 0 Å². The van der Waals surface area contributed by atoms with E-state index in [0.29, 0.717) is 11.1 Å². The first-order valence-corrected chi connectivity index (χ1v) is 9.11. The third-order valence-corrected chi connectivity index (χ3v) is 5.45. The molecule has 2 aliphatic heterocycles. The Labute approximate surface area is 152 Å². The molecule has 3 heterocycles. The summed E-state index contributed by atoms with van der Waals surface area (Å²) in [5, 5.41) is 0. The van der Waals surface area contributed by atoms with Crippen LogP contribution >= 0.6 is 0 Å². The number of fused-ring (bicyclic) bond motifs is 2. The second-order valence-electron chi connectivity index (χ2n) is 7.29. The summed E-state index contributed by atoms with van der Waals surface area (Å²) < 4.78 is 16.5. The molecule has 0 fully saturated rings. The van der Waals surface area contributed by atoms with E-state index in [1.807, 2.05) is 32.2 Å². The highest BCUT2D eigenvalue weighted by Crippen LogP contribution is 2.37. The smallest absolute Gasteiger partial charge is 0.129 e. The molecule has 130 valence electrons. The van der Waals surface area contributed by atoms with Crippen LogP contribution in [0, 0.1) is 19.7 Å². The molecule has 1 aromatic heterocycles. The van der Waals surface area contributed by atoms with Crippen molar-refractivity contribution in [1.82, 2.24) is 9.55 Å². The average Bonchev–Trinajstić information content (AvgIpc) is 3.33. The summed E-state index contributed by atoms with van der Waals surface area (Å²) in [6.45, 7) is 5.40. The normalized spacial score (nSPS) is 14.7. The molecule has 4 heteroatoms. The lowest BCUT2D eigenvalue weighted by Crippen LogP contribution is -1.98. The summed E-state index contributed by atoms with van der Waals surface area (Å²) in [5.41, 5.74) is 8.05. The van der Waals surface area contributed by atoms with E-state index in [1.165, 1.54) is 11.1 Å². The van der Waals surface area contributed by atoms with Crippen molar-refractivity contribution in [3.8, 4) is 22.5 Å². The van der Waals surface area contributed by atoms with E-state index in [1.54, 1.807) is 0 Å². The van der Waals surface area contributed by atoms with Gasteiger partial charge in [0.05, 0.1) is 17.9 Å². The minimum Gasteiger partial charge on any atom is -0.327 e. The van der Waals surface area contributed by atoms with Crippen LogP contribution in [0.1, 0.15) is 34.5 Å². The fourth-order valence-electron chi connectivity index (χ4n) is 4.15. The van der Waals surface area contributed by atoms with Gasteiger partial charge in [-0.1, -0.05) is 12.1 Å². The Bertz CT molecular complexity index is 1050. The average molecular weight is 345 g/mol. The number of benzene rings is 2. The SMILES string of the molecule is Cc1cc(-c2nc3n(c2-c2ccc4c(c2)C=NC4)CCC3)cc(C)c1F. The van der Waals surface area contributed by atoms with E-state index in [0.717, 1.165) is 54.3 Å². The number of imidazole rings is 1. The molecule has 2 aliphatic rings. The number of nitrogens with zero attached hydrogens (tertiary/aromatic N) is 3. The van der Waals surface area contributed by atoms with Crippen molar-refractivity contribution in [2.24, 2.45) is 4.99 Å². The number of hydrogen-bond acceptors (Lipinski definition) is 2. The maximum absolute atomic E-state index is 14.1. The van der Waals surface area contributed by atoms with E-state index < -0.39 is 0 Å². The van der Waals surface area contributed by atoms with Gasteiger partial charge in [-0.05, 0) is 60.7 Å². The Hall–Kier alpha value is -2.75. The van der Waals surface area contributed by atoms with Gasteiger partial charge in [-0.3, -0.25) is 4.99 Å². The monoisotopic (exact) mass is 345 g/mol. The summed E-state index contributed by atoms with van der Waals surface area (Å²) in [6.07, 6.45) is 4.08. The van der Waals surface area contributed by atoms with Crippen LogP contribution in [0.3, 0.4) is 0 Å². The number of halogens is 1. The lowest BCUT2D eigenvalue weighted by atomic mass is 9.98. The third kappa shape index (κ3) is 2.25. The quantitative estimate of drug-likeness (QED) is 0.653. The number of aryl methyl sites for hydroxylation is 3. The summed E-state index contributed by atoms with van der Waals surface area (Å²) in [6, 6.07) is 10.4. The molecule has 3 aromatic rings. The number of aromatic nitrogens is 2. The molecule has 3 nitrogen and oxygen atoms in total. The van der Waals surface area contributed by atoms with Crippen molar-refractivity contribution in [3.63, 3.8) is 0 Å². The first kappa shape index (κ1) is 15.5. The predicted octanol–water partition coefficient (Wildman–Crippen LogP) is 4.85. The molecule has 0 amide bonds. The molecule has 26 heavy (non-hydrogen) atoms. The molecular formula is C22H20FN3. The van der Waals surface area contributed by atoms with Gasteiger partial charge in [0.1, 0.15) is 11.6 Å². The van der Waals surface area contributed by atoms with Gasteiger partial charge in [0.2, 0.25) is 0 Å². The summed E-state index contributed by atoms with van der Waals surface area (Å²) in [7, 11) is 0. The molecule has 0 saturated carbocycles. The fraction of sp³-hybridized carbons (Fsp3) is 0.273. The molecule has 0 radical (unpaired) electrons. The van der Waals surface area contributed by atoms with Crippen LogP contribution in [0.25, 0.3) is 22.5 Å². The maximum Gasteiger partial charge on any atom is 0.129 e. The summed E-state index contributed by atoms with van der Waals surface area (Å²) >= 11 is 0. The van der Waals surface area contributed by atoms with E-state index in [2.05, 4.69) is 27.8 Å². The van der Waals surface area contributed by atoms with Gasteiger partial charge in [-0.2, -0.15) is 0 Å². The van der Waals surface area contributed by atoms with Gasteiger partial charge in [-0.15, -0.1) is 0 Å². The fourth-order valence-corrected chi connectivity index (χ4v) is 4.15. The van der Waals surface area contributed by atoms with Crippen LogP contribution in [-0.2, 0) is 19.5 Å². The number of hydrogen-bond donors (Lipinski definition) is 0. The molecule has 0 unspecified atom stereocenters. The van der Waals surface area contributed by atoms with Crippen LogP contribution in [-0.4, -0.2) is 15.8 Å². The van der Waals surface area contributed by atoms with Gasteiger partial charge in [0.15, 0.2) is 0 Å². The third-order valence-electron chi connectivity index (χ3n) is 5.45. The van der Waals surface area contributed by atoms with Crippen molar-refractivity contribution >= 4 is 6.21 Å². The maximum atomic E-state index is 14.1. The lowest BCUT2D eigenvalue weighted by molar-refractivity contribution is 0.609. The highest BCUT2D eigenvalue weighted by Gasteiger charge is 2.24. The molecule has 2 aromatic carbocycles. The van der Waals surface area contributed by atoms with Gasteiger partial charge >= 0.3 is 0 Å². The Kier molecular flexibility index (Phi) is 3.36. The Morgan fingerprint density at radius 1 is 1.04 bits per heavy atom. The molecule has 0 aliphatic carbocycles. The molecular weight excluding hydrogens is 325 g/mol. The predicted molar refractivity (Wildman–Crippen MR) is 102 cm³/mol. The van der Waals surface area contributed by atoms with E-state index in [4.69, 9.17) is 4.98 Å². The van der Waals surface area contributed by atoms with Crippen LogP contribution in [0.4, 0.5) is 4.39 Å². The van der Waals surface area contributed by atoms with Crippen molar-refractivity contribution in [2.75, 3.05) is 0 Å². The van der Waals surface area contributed by atoms with Crippen LogP contribution in [0.15, 0.2) is 35.3 Å².